The van der Waals surface area contributed by atoms with Crippen LogP contribution in [0.2, 0.25) is 0 Å². The Hall–Kier alpha value is -2.47. The lowest BCUT2D eigenvalue weighted by molar-refractivity contribution is -0.121. The number of hydrogen-bond donors (Lipinski definition) is 1. The highest BCUT2D eigenvalue weighted by Gasteiger charge is 2.04. The Morgan fingerprint density at radius 2 is 1.92 bits per heavy atom. The lowest BCUT2D eigenvalue weighted by atomic mass is 10.1. The second-order valence-corrected chi connectivity index (χ2v) is 7.00. The maximum atomic E-state index is 12.0. The summed E-state index contributed by atoms with van der Waals surface area (Å²) in [4.78, 5) is 16.3. The number of aromatic nitrogens is 3. The van der Waals surface area contributed by atoms with Gasteiger partial charge in [0.05, 0.1) is 0 Å². The fourth-order valence-corrected chi connectivity index (χ4v) is 2.92. The number of halogens is 1. The molecule has 1 N–H and O–H groups in total. The van der Waals surface area contributed by atoms with Crippen molar-refractivity contribution in [1.29, 1.82) is 0 Å². The standard InChI is InChI=1S/C20H21BrN4O/c21-18-8-6-16(7-9-18)4-1-2-5-20(26)23-15-17-10-12-22-19(14-17)25-13-3-11-24-25/h3,6-14H,1-2,4-5,15H2,(H,23,26). The summed E-state index contributed by atoms with van der Waals surface area (Å²) >= 11 is 3.44. The Morgan fingerprint density at radius 1 is 1.08 bits per heavy atom. The van der Waals surface area contributed by atoms with Gasteiger partial charge in [0.1, 0.15) is 0 Å². The van der Waals surface area contributed by atoms with Crippen LogP contribution in [0.1, 0.15) is 30.4 Å². The zero-order chi connectivity index (χ0) is 18.2. The number of pyridine rings is 1. The highest BCUT2D eigenvalue weighted by Crippen LogP contribution is 2.13. The Bertz CT molecular complexity index is 831. The lowest BCUT2D eigenvalue weighted by Gasteiger charge is -2.07. The lowest BCUT2D eigenvalue weighted by Crippen LogP contribution is -2.22. The minimum absolute atomic E-state index is 0.0817. The molecule has 0 aliphatic heterocycles. The Balaban J connectivity index is 1.39. The van der Waals surface area contributed by atoms with E-state index in [1.54, 1.807) is 17.1 Å². The largest absolute Gasteiger partial charge is 0.352 e. The quantitative estimate of drug-likeness (QED) is 0.567. The molecule has 0 saturated carbocycles. The van der Waals surface area contributed by atoms with E-state index in [4.69, 9.17) is 0 Å². The summed E-state index contributed by atoms with van der Waals surface area (Å²) in [6.45, 7) is 0.502. The average molecular weight is 413 g/mol. The SMILES string of the molecule is O=C(CCCCc1ccc(Br)cc1)NCc1ccnc(-n2cccn2)c1. The van der Waals surface area contributed by atoms with Crippen LogP contribution < -0.4 is 5.32 Å². The molecule has 0 spiro atoms. The smallest absolute Gasteiger partial charge is 0.220 e. The molecule has 0 saturated heterocycles. The highest BCUT2D eigenvalue weighted by molar-refractivity contribution is 9.10. The van der Waals surface area contributed by atoms with Crippen molar-refractivity contribution in [2.45, 2.75) is 32.2 Å². The molecule has 0 aliphatic rings. The maximum absolute atomic E-state index is 12.0. The first kappa shape index (κ1) is 18.3. The number of carbonyl (C=O) groups excluding carboxylic acids is 1. The van der Waals surface area contributed by atoms with Crippen LogP contribution in [0.15, 0.2) is 65.5 Å². The fraction of sp³-hybridized carbons (Fsp3) is 0.250. The van der Waals surface area contributed by atoms with E-state index >= 15 is 0 Å². The Kier molecular flexibility index (Phi) is 6.55. The van der Waals surface area contributed by atoms with Crippen molar-refractivity contribution in [3.63, 3.8) is 0 Å². The molecule has 3 rings (SSSR count). The normalized spacial score (nSPS) is 10.7. The minimum atomic E-state index is 0.0817. The monoisotopic (exact) mass is 412 g/mol. The summed E-state index contributed by atoms with van der Waals surface area (Å²) in [5.74, 6) is 0.828. The molecule has 0 fully saturated rings. The molecule has 1 amide bonds. The molecule has 26 heavy (non-hydrogen) atoms. The minimum Gasteiger partial charge on any atom is -0.352 e. The van der Waals surface area contributed by atoms with Gasteiger partial charge in [0.25, 0.3) is 0 Å². The Labute approximate surface area is 161 Å². The number of carbonyl (C=O) groups is 1. The number of nitrogens with one attached hydrogen (secondary N) is 1. The first-order valence-corrected chi connectivity index (χ1v) is 9.46. The van der Waals surface area contributed by atoms with Gasteiger partial charge in [-0.05, 0) is 60.7 Å². The van der Waals surface area contributed by atoms with Gasteiger partial charge in [-0.15, -0.1) is 0 Å². The number of rotatable bonds is 8. The third-order valence-corrected chi connectivity index (χ3v) is 4.60. The highest BCUT2D eigenvalue weighted by atomic mass is 79.9. The molecule has 5 nitrogen and oxygen atoms in total. The van der Waals surface area contributed by atoms with Crippen molar-refractivity contribution < 1.29 is 4.79 Å². The van der Waals surface area contributed by atoms with Crippen molar-refractivity contribution in [2.24, 2.45) is 0 Å². The second-order valence-electron chi connectivity index (χ2n) is 6.08. The molecule has 2 aromatic heterocycles. The summed E-state index contributed by atoms with van der Waals surface area (Å²) in [6.07, 6.45) is 8.73. The van der Waals surface area contributed by atoms with Gasteiger partial charge in [0.15, 0.2) is 5.82 Å². The summed E-state index contributed by atoms with van der Waals surface area (Å²) < 4.78 is 2.79. The van der Waals surface area contributed by atoms with Crippen molar-refractivity contribution >= 4 is 21.8 Å². The van der Waals surface area contributed by atoms with Crippen LogP contribution >= 0.6 is 15.9 Å². The van der Waals surface area contributed by atoms with E-state index < -0.39 is 0 Å². The van der Waals surface area contributed by atoms with Crippen LogP contribution in [-0.2, 0) is 17.8 Å². The molecule has 0 unspecified atom stereocenters. The van der Waals surface area contributed by atoms with Crippen molar-refractivity contribution in [3.8, 4) is 5.82 Å². The average Bonchev–Trinajstić information content (AvgIpc) is 3.20. The molecule has 0 radical (unpaired) electrons. The van der Waals surface area contributed by atoms with E-state index in [1.165, 1.54) is 5.56 Å². The zero-order valence-corrected chi connectivity index (χ0v) is 16.0. The van der Waals surface area contributed by atoms with Crippen molar-refractivity contribution in [2.75, 3.05) is 0 Å². The van der Waals surface area contributed by atoms with Crippen LogP contribution in [0.5, 0.6) is 0 Å². The van der Waals surface area contributed by atoms with E-state index in [9.17, 15) is 4.79 Å². The van der Waals surface area contributed by atoms with Gasteiger partial charge in [-0.25, -0.2) is 9.67 Å². The van der Waals surface area contributed by atoms with E-state index in [1.807, 2.05) is 36.5 Å². The second kappa shape index (κ2) is 9.29. The molecule has 134 valence electrons. The number of nitrogens with zero attached hydrogens (tertiary/aromatic N) is 3. The summed E-state index contributed by atoms with van der Waals surface area (Å²) in [5, 5.41) is 7.14. The summed E-state index contributed by atoms with van der Waals surface area (Å²) in [7, 11) is 0. The molecule has 0 bridgehead atoms. The third kappa shape index (κ3) is 5.52. The fourth-order valence-electron chi connectivity index (χ4n) is 2.65. The van der Waals surface area contributed by atoms with E-state index in [0.717, 1.165) is 35.1 Å². The van der Waals surface area contributed by atoms with E-state index in [0.29, 0.717) is 13.0 Å². The summed E-state index contributed by atoms with van der Waals surface area (Å²) in [5.41, 5.74) is 2.31. The number of unbranched alkanes of at least 4 members (excludes halogenated alkanes) is 1. The number of aryl methyl sites for hydroxylation is 1. The predicted molar refractivity (Wildman–Crippen MR) is 105 cm³/mol. The number of benzene rings is 1. The molecule has 1 aromatic carbocycles. The van der Waals surface area contributed by atoms with Gasteiger partial charge in [-0.2, -0.15) is 5.10 Å². The number of amides is 1. The summed E-state index contributed by atoms with van der Waals surface area (Å²) in [6, 6.07) is 14.0. The van der Waals surface area contributed by atoms with Gasteiger partial charge in [-0.1, -0.05) is 28.1 Å². The van der Waals surface area contributed by atoms with Crippen LogP contribution in [-0.4, -0.2) is 20.7 Å². The zero-order valence-electron chi connectivity index (χ0n) is 14.4. The van der Waals surface area contributed by atoms with Gasteiger partial charge >= 0.3 is 0 Å². The van der Waals surface area contributed by atoms with Crippen LogP contribution in [0.3, 0.4) is 0 Å². The van der Waals surface area contributed by atoms with E-state index in [-0.39, 0.29) is 5.91 Å². The first-order chi connectivity index (χ1) is 12.7. The van der Waals surface area contributed by atoms with Crippen LogP contribution in [0.25, 0.3) is 5.82 Å². The van der Waals surface area contributed by atoms with Crippen LogP contribution in [0, 0.1) is 0 Å². The van der Waals surface area contributed by atoms with Crippen LogP contribution in [0.4, 0.5) is 0 Å². The molecule has 6 heteroatoms. The molecule has 0 atom stereocenters. The van der Waals surface area contributed by atoms with Gasteiger partial charge < -0.3 is 5.32 Å². The maximum Gasteiger partial charge on any atom is 0.220 e. The topological polar surface area (TPSA) is 59.8 Å². The van der Waals surface area contributed by atoms with Crippen molar-refractivity contribution in [1.82, 2.24) is 20.1 Å². The molecule has 2 heterocycles. The van der Waals surface area contributed by atoms with Gasteiger partial charge in [-0.3, -0.25) is 4.79 Å². The van der Waals surface area contributed by atoms with Gasteiger partial charge in [0.2, 0.25) is 5.91 Å². The molecule has 3 aromatic rings. The van der Waals surface area contributed by atoms with E-state index in [2.05, 4.69) is 43.5 Å². The molecular weight excluding hydrogens is 392 g/mol. The Morgan fingerprint density at radius 3 is 2.69 bits per heavy atom. The third-order valence-electron chi connectivity index (χ3n) is 4.07. The molecule has 0 aliphatic carbocycles. The first-order valence-electron chi connectivity index (χ1n) is 8.67. The van der Waals surface area contributed by atoms with Crippen molar-refractivity contribution in [3.05, 3.63) is 76.7 Å². The van der Waals surface area contributed by atoms with Gasteiger partial charge in [0, 0.05) is 36.0 Å². The number of hydrogen-bond acceptors (Lipinski definition) is 3. The predicted octanol–water partition coefficient (Wildman–Crippen LogP) is 4.06. The molecular formula is C20H21BrN4O.